The first-order valence-electron chi connectivity index (χ1n) is 9.79. The zero-order valence-corrected chi connectivity index (χ0v) is 16.6. The minimum Gasteiger partial charge on any atom is -0.487 e. The van der Waals surface area contributed by atoms with Crippen LogP contribution in [0.2, 0.25) is 0 Å². The number of imidazole rings is 1. The first-order valence-corrected chi connectivity index (χ1v) is 9.79. The summed E-state index contributed by atoms with van der Waals surface area (Å²) in [5, 5.41) is 6.74. The van der Waals surface area contributed by atoms with E-state index in [4.69, 9.17) is 15.2 Å². The van der Waals surface area contributed by atoms with E-state index >= 15 is 0 Å². The van der Waals surface area contributed by atoms with Crippen LogP contribution in [0, 0.1) is 0 Å². The second-order valence-corrected chi connectivity index (χ2v) is 8.24. The standard InChI is InChI=1S/C22H25N5O2/c1-21(2)11-14-4-3-5-17(20(14)29-21)22(23)27-18-7-6-16(10-15(18)13-28-22)26-12-19-24-8-9-25-19/h3-10,26-27H,11-13,23H2,1-2H3,(H,24,25). The van der Waals surface area contributed by atoms with Crippen LogP contribution in [-0.4, -0.2) is 15.6 Å². The molecule has 0 fully saturated rings. The maximum atomic E-state index is 6.68. The molecule has 3 aromatic rings. The monoisotopic (exact) mass is 391 g/mol. The molecule has 0 saturated carbocycles. The van der Waals surface area contributed by atoms with E-state index < -0.39 is 5.85 Å². The number of aromatic amines is 1. The molecule has 0 bridgehead atoms. The van der Waals surface area contributed by atoms with E-state index in [0.29, 0.717) is 13.2 Å². The van der Waals surface area contributed by atoms with Crippen molar-refractivity contribution in [1.29, 1.82) is 0 Å². The first kappa shape index (κ1) is 18.0. The Morgan fingerprint density at radius 3 is 2.93 bits per heavy atom. The molecule has 2 aliphatic rings. The Morgan fingerprint density at radius 2 is 2.10 bits per heavy atom. The Hall–Kier alpha value is -3.03. The van der Waals surface area contributed by atoms with Crippen LogP contribution in [-0.2, 0) is 30.2 Å². The number of anilines is 2. The lowest BCUT2D eigenvalue weighted by atomic mass is 9.98. The number of para-hydroxylation sites is 1. The molecule has 150 valence electrons. The first-order chi connectivity index (χ1) is 13.9. The third kappa shape index (κ3) is 3.32. The maximum Gasteiger partial charge on any atom is 0.224 e. The lowest BCUT2D eigenvalue weighted by Gasteiger charge is -2.37. The van der Waals surface area contributed by atoms with Crippen molar-refractivity contribution >= 4 is 11.4 Å². The van der Waals surface area contributed by atoms with Gasteiger partial charge in [-0.05, 0) is 43.7 Å². The SMILES string of the molecule is CC1(C)Cc2cccc(C3(N)Nc4ccc(NCc5ncc[nH]5)cc4CO3)c2O1. The molecule has 1 aromatic heterocycles. The molecule has 0 spiro atoms. The molecular formula is C22H25N5O2. The molecule has 7 nitrogen and oxygen atoms in total. The van der Waals surface area contributed by atoms with Crippen LogP contribution in [0.25, 0.3) is 0 Å². The van der Waals surface area contributed by atoms with Gasteiger partial charge < -0.3 is 25.1 Å². The molecule has 7 heteroatoms. The summed E-state index contributed by atoms with van der Waals surface area (Å²) in [4.78, 5) is 7.31. The molecule has 5 rings (SSSR count). The van der Waals surface area contributed by atoms with Gasteiger partial charge in [0.05, 0.1) is 18.7 Å². The fraction of sp³-hybridized carbons (Fsp3) is 0.318. The molecule has 2 aromatic carbocycles. The van der Waals surface area contributed by atoms with E-state index in [-0.39, 0.29) is 5.60 Å². The second kappa shape index (κ2) is 6.50. The van der Waals surface area contributed by atoms with Crippen molar-refractivity contribution in [1.82, 2.24) is 9.97 Å². The molecule has 2 aliphatic heterocycles. The maximum absolute atomic E-state index is 6.68. The highest BCUT2D eigenvalue weighted by molar-refractivity contribution is 5.63. The normalized spacial score (nSPS) is 21.6. The number of aromatic nitrogens is 2. The Bertz CT molecular complexity index is 1050. The van der Waals surface area contributed by atoms with Gasteiger partial charge >= 0.3 is 0 Å². The van der Waals surface area contributed by atoms with E-state index in [0.717, 1.165) is 46.1 Å². The summed E-state index contributed by atoms with van der Waals surface area (Å²) >= 11 is 0. The van der Waals surface area contributed by atoms with E-state index in [2.05, 4.69) is 46.6 Å². The molecular weight excluding hydrogens is 366 g/mol. The molecule has 0 amide bonds. The van der Waals surface area contributed by atoms with E-state index in [1.807, 2.05) is 30.5 Å². The van der Waals surface area contributed by atoms with Crippen LogP contribution >= 0.6 is 0 Å². The molecule has 0 radical (unpaired) electrons. The number of benzene rings is 2. The number of nitrogens with one attached hydrogen (secondary N) is 3. The minimum atomic E-state index is -1.14. The average molecular weight is 391 g/mol. The van der Waals surface area contributed by atoms with Crippen molar-refractivity contribution in [2.75, 3.05) is 10.6 Å². The largest absolute Gasteiger partial charge is 0.487 e. The summed E-state index contributed by atoms with van der Waals surface area (Å²) in [6.07, 6.45) is 4.41. The van der Waals surface area contributed by atoms with E-state index in [9.17, 15) is 0 Å². The van der Waals surface area contributed by atoms with Gasteiger partial charge in [0.2, 0.25) is 5.85 Å². The third-order valence-electron chi connectivity index (χ3n) is 5.39. The Balaban J connectivity index is 1.38. The van der Waals surface area contributed by atoms with Crippen molar-refractivity contribution in [2.45, 2.75) is 44.9 Å². The van der Waals surface area contributed by atoms with Crippen molar-refractivity contribution in [3.05, 3.63) is 71.3 Å². The van der Waals surface area contributed by atoms with E-state index in [1.54, 1.807) is 6.20 Å². The van der Waals surface area contributed by atoms with E-state index in [1.165, 1.54) is 0 Å². The van der Waals surface area contributed by atoms with Crippen LogP contribution in [0.4, 0.5) is 11.4 Å². The molecule has 0 saturated heterocycles. The highest BCUT2D eigenvalue weighted by Gasteiger charge is 2.40. The van der Waals surface area contributed by atoms with Crippen LogP contribution in [0.5, 0.6) is 5.75 Å². The predicted octanol–water partition coefficient (Wildman–Crippen LogP) is 3.45. The van der Waals surface area contributed by atoms with Gasteiger partial charge in [0.15, 0.2) is 0 Å². The van der Waals surface area contributed by atoms with Gasteiger partial charge in [0, 0.05) is 35.8 Å². The predicted molar refractivity (Wildman–Crippen MR) is 111 cm³/mol. The summed E-state index contributed by atoms with van der Waals surface area (Å²) in [6, 6.07) is 12.2. The van der Waals surface area contributed by atoms with Gasteiger partial charge in [-0.3, -0.25) is 5.73 Å². The van der Waals surface area contributed by atoms with Crippen LogP contribution in [0.1, 0.15) is 36.4 Å². The lowest BCUT2D eigenvalue weighted by Crippen LogP contribution is -2.49. The summed E-state index contributed by atoms with van der Waals surface area (Å²) in [6.45, 7) is 5.20. The number of H-pyrrole nitrogens is 1. The van der Waals surface area contributed by atoms with Crippen LogP contribution < -0.4 is 21.1 Å². The quantitative estimate of drug-likeness (QED) is 0.544. The summed E-state index contributed by atoms with van der Waals surface area (Å²) in [7, 11) is 0. The van der Waals surface area contributed by atoms with Gasteiger partial charge in [-0.2, -0.15) is 0 Å². The molecule has 29 heavy (non-hydrogen) atoms. The average Bonchev–Trinajstić information content (AvgIpc) is 3.31. The molecule has 3 heterocycles. The third-order valence-corrected chi connectivity index (χ3v) is 5.39. The number of rotatable bonds is 4. The van der Waals surface area contributed by atoms with Crippen molar-refractivity contribution in [3.8, 4) is 5.75 Å². The molecule has 1 atom stereocenters. The fourth-order valence-electron chi connectivity index (χ4n) is 4.01. The number of fused-ring (bicyclic) bond motifs is 2. The van der Waals surface area contributed by atoms with Gasteiger partial charge in [-0.1, -0.05) is 12.1 Å². The van der Waals surface area contributed by atoms with Gasteiger partial charge in [0.25, 0.3) is 0 Å². The lowest BCUT2D eigenvalue weighted by molar-refractivity contribution is -0.0456. The minimum absolute atomic E-state index is 0.240. The van der Waals surface area contributed by atoms with Gasteiger partial charge in [0.1, 0.15) is 17.2 Å². The second-order valence-electron chi connectivity index (χ2n) is 8.24. The van der Waals surface area contributed by atoms with Crippen molar-refractivity contribution in [3.63, 3.8) is 0 Å². The Labute approximate surface area is 169 Å². The fourth-order valence-corrected chi connectivity index (χ4v) is 4.01. The smallest absolute Gasteiger partial charge is 0.224 e. The Kier molecular flexibility index (Phi) is 4.04. The number of hydrogen-bond donors (Lipinski definition) is 4. The summed E-state index contributed by atoms with van der Waals surface area (Å²) in [5.74, 6) is 0.577. The molecule has 0 aliphatic carbocycles. The molecule has 1 unspecified atom stereocenters. The number of nitrogens with two attached hydrogens (primary N) is 1. The highest BCUT2D eigenvalue weighted by atomic mass is 16.5. The van der Waals surface area contributed by atoms with Crippen LogP contribution in [0.3, 0.4) is 0 Å². The number of nitrogens with zero attached hydrogens (tertiary/aromatic N) is 1. The topological polar surface area (TPSA) is 97.2 Å². The highest BCUT2D eigenvalue weighted by Crippen LogP contribution is 2.43. The van der Waals surface area contributed by atoms with Crippen molar-refractivity contribution < 1.29 is 9.47 Å². The van der Waals surface area contributed by atoms with Crippen molar-refractivity contribution in [2.24, 2.45) is 5.73 Å². The summed E-state index contributed by atoms with van der Waals surface area (Å²) < 4.78 is 12.3. The Morgan fingerprint density at radius 1 is 1.21 bits per heavy atom. The number of hydrogen-bond acceptors (Lipinski definition) is 6. The van der Waals surface area contributed by atoms with Gasteiger partial charge in [-0.15, -0.1) is 0 Å². The zero-order valence-electron chi connectivity index (χ0n) is 16.6. The van der Waals surface area contributed by atoms with Gasteiger partial charge in [-0.25, -0.2) is 4.98 Å². The molecule has 5 N–H and O–H groups in total. The zero-order chi connectivity index (χ0) is 20.1. The number of ether oxygens (including phenoxy) is 2. The summed E-state index contributed by atoms with van der Waals surface area (Å²) in [5.41, 5.74) is 11.4. The van der Waals surface area contributed by atoms with Crippen LogP contribution in [0.15, 0.2) is 48.8 Å².